The van der Waals surface area contributed by atoms with E-state index < -0.39 is 23.2 Å². The Morgan fingerprint density at radius 3 is 2.65 bits per heavy atom. The van der Waals surface area contributed by atoms with Gasteiger partial charge in [0.25, 0.3) is 11.5 Å². The highest BCUT2D eigenvalue weighted by atomic mass is 19.2. The summed E-state index contributed by atoms with van der Waals surface area (Å²) in [6, 6.07) is 7.22. The number of hydrogen-bond acceptors (Lipinski definition) is 3. The minimum absolute atomic E-state index is 0.0653. The van der Waals surface area contributed by atoms with Crippen LogP contribution in [0.25, 0.3) is 16.3 Å². The summed E-state index contributed by atoms with van der Waals surface area (Å²) in [7, 11) is 1.67. The molecule has 4 aromatic rings. The highest BCUT2D eigenvalue weighted by Gasteiger charge is 2.31. The lowest BCUT2D eigenvalue weighted by Crippen LogP contribution is -2.42. The number of likely N-dealkylation sites (N-methyl/N-ethyl adjacent to an activating group) is 1. The van der Waals surface area contributed by atoms with Crippen LogP contribution in [0.4, 0.5) is 8.78 Å². The summed E-state index contributed by atoms with van der Waals surface area (Å²) in [5.74, 6) is -2.31. The second-order valence-corrected chi connectivity index (χ2v) is 7.99. The number of carbonyl (C=O) groups excluding carboxylic acids is 1. The Labute approximate surface area is 176 Å². The SMILES string of the molecule is Cc1ccc2cc(C(=O)N(C)C3CNCc4[nH]c(=O)c5cc(F)c(F)cc5c43)cn2c1. The van der Waals surface area contributed by atoms with E-state index in [1.807, 2.05) is 35.7 Å². The molecule has 0 radical (unpaired) electrons. The number of aromatic amines is 1. The van der Waals surface area contributed by atoms with E-state index in [0.29, 0.717) is 35.3 Å². The molecule has 6 nitrogen and oxygen atoms in total. The van der Waals surface area contributed by atoms with Crippen molar-refractivity contribution in [2.75, 3.05) is 13.6 Å². The number of amides is 1. The molecule has 1 atom stereocenters. The number of nitrogens with one attached hydrogen (secondary N) is 2. The maximum atomic E-state index is 14.1. The maximum Gasteiger partial charge on any atom is 0.256 e. The minimum atomic E-state index is -1.08. The molecule has 1 amide bonds. The zero-order valence-electron chi connectivity index (χ0n) is 17.0. The highest BCUT2D eigenvalue weighted by Crippen LogP contribution is 2.32. The van der Waals surface area contributed by atoms with Gasteiger partial charge in [0, 0.05) is 49.3 Å². The first-order valence-corrected chi connectivity index (χ1v) is 9.93. The van der Waals surface area contributed by atoms with Crippen LogP contribution in [0.3, 0.4) is 0 Å². The van der Waals surface area contributed by atoms with Crippen molar-refractivity contribution in [3.8, 4) is 0 Å². The fourth-order valence-electron chi connectivity index (χ4n) is 4.36. The van der Waals surface area contributed by atoms with Crippen LogP contribution in [0, 0.1) is 18.6 Å². The van der Waals surface area contributed by atoms with Crippen LogP contribution in [0.15, 0.2) is 47.5 Å². The van der Waals surface area contributed by atoms with Crippen LogP contribution in [-0.4, -0.2) is 33.8 Å². The number of pyridine rings is 2. The lowest BCUT2D eigenvalue weighted by molar-refractivity contribution is 0.0723. The van der Waals surface area contributed by atoms with Crippen LogP contribution in [0.2, 0.25) is 0 Å². The molecule has 1 aliphatic heterocycles. The number of carbonyl (C=O) groups is 1. The molecule has 0 spiro atoms. The first-order chi connectivity index (χ1) is 14.8. The lowest BCUT2D eigenvalue weighted by atomic mass is 9.93. The Hall–Kier alpha value is -3.52. The number of benzene rings is 1. The van der Waals surface area contributed by atoms with E-state index >= 15 is 0 Å². The predicted octanol–water partition coefficient (Wildman–Crippen LogP) is 3.28. The van der Waals surface area contributed by atoms with Crippen LogP contribution in [0.5, 0.6) is 0 Å². The summed E-state index contributed by atoms with van der Waals surface area (Å²) in [5.41, 5.74) is 3.20. The predicted molar refractivity (Wildman–Crippen MR) is 113 cm³/mol. The first-order valence-electron chi connectivity index (χ1n) is 9.93. The molecule has 1 aromatic carbocycles. The van der Waals surface area contributed by atoms with E-state index in [-0.39, 0.29) is 11.3 Å². The summed E-state index contributed by atoms with van der Waals surface area (Å²) in [5, 5.41) is 3.58. The van der Waals surface area contributed by atoms with Crippen LogP contribution < -0.4 is 10.9 Å². The molecule has 0 bridgehead atoms. The van der Waals surface area contributed by atoms with Crippen molar-refractivity contribution < 1.29 is 13.6 Å². The van der Waals surface area contributed by atoms with Gasteiger partial charge in [-0.05, 0) is 42.1 Å². The van der Waals surface area contributed by atoms with Gasteiger partial charge in [-0.2, -0.15) is 0 Å². The van der Waals surface area contributed by atoms with E-state index in [1.54, 1.807) is 18.1 Å². The molecule has 0 aliphatic carbocycles. The van der Waals surface area contributed by atoms with Crippen molar-refractivity contribution in [3.63, 3.8) is 0 Å². The monoisotopic (exact) mass is 422 g/mol. The number of aromatic nitrogens is 2. The van der Waals surface area contributed by atoms with Crippen molar-refractivity contribution in [2.45, 2.75) is 19.5 Å². The molecular weight excluding hydrogens is 402 g/mol. The average molecular weight is 422 g/mol. The first kappa shape index (κ1) is 19.4. The third kappa shape index (κ3) is 3.11. The van der Waals surface area contributed by atoms with Gasteiger partial charge in [0.15, 0.2) is 11.6 Å². The van der Waals surface area contributed by atoms with Crippen molar-refractivity contribution in [1.29, 1.82) is 0 Å². The van der Waals surface area contributed by atoms with Gasteiger partial charge in [0.05, 0.1) is 17.0 Å². The normalized spacial score (nSPS) is 15.9. The summed E-state index contributed by atoms with van der Waals surface area (Å²) in [6.07, 6.45) is 3.72. The number of fused-ring (bicyclic) bond motifs is 4. The molecular formula is C23H20F2N4O2. The molecule has 1 unspecified atom stereocenters. The number of nitrogens with zero attached hydrogens (tertiary/aromatic N) is 2. The topological polar surface area (TPSA) is 69.6 Å². The van der Waals surface area contributed by atoms with Gasteiger partial charge in [-0.15, -0.1) is 0 Å². The van der Waals surface area contributed by atoms with Crippen molar-refractivity contribution >= 4 is 22.2 Å². The van der Waals surface area contributed by atoms with E-state index in [0.717, 1.165) is 23.2 Å². The summed E-state index contributed by atoms with van der Waals surface area (Å²) in [4.78, 5) is 30.1. The lowest BCUT2D eigenvalue weighted by Gasteiger charge is -2.34. The zero-order chi connectivity index (χ0) is 21.9. The van der Waals surface area contributed by atoms with Crippen LogP contribution >= 0.6 is 0 Å². The Morgan fingerprint density at radius 2 is 1.87 bits per heavy atom. The smallest absolute Gasteiger partial charge is 0.256 e. The van der Waals surface area contributed by atoms with E-state index in [1.165, 1.54) is 0 Å². The van der Waals surface area contributed by atoms with E-state index in [2.05, 4.69) is 10.3 Å². The van der Waals surface area contributed by atoms with Gasteiger partial charge >= 0.3 is 0 Å². The Kier molecular flexibility index (Phi) is 4.40. The summed E-state index contributed by atoms with van der Waals surface area (Å²) >= 11 is 0. The van der Waals surface area contributed by atoms with Gasteiger partial charge < -0.3 is 19.6 Å². The summed E-state index contributed by atoms with van der Waals surface area (Å²) < 4.78 is 29.8. The zero-order valence-corrected chi connectivity index (χ0v) is 17.0. The molecule has 8 heteroatoms. The largest absolute Gasteiger partial charge is 0.333 e. The number of rotatable bonds is 2. The second-order valence-electron chi connectivity index (χ2n) is 7.99. The molecule has 0 saturated carbocycles. The van der Waals surface area contributed by atoms with Crippen molar-refractivity contribution in [3.05, 3.63) is 87.1 Å². The molecule has 3 aromatic heterocycles. The van der Waals surface area contributed by atoms with Gasteiger partial charge in [-0.25, -0.2) is 8.78 Å². The standard InChI is InChI=1S/C23H20F2N4O2/c1-12-3-4-14-5-13(11-29(14)10-12)23(31)28(2)20-9-26-8-19-21(20)15-6-17(24)18(25)7-16(15)22(30)27-19/h3-7,10-11,20,26H,8-9H2,1-2H3,(H,27,30). The molecule has 158 valence electrons. The molecule has 1 aliphatic rings. The number of halogens is 2. The Bertz CT molecular complexity index is 1420. The molecule has 31 heavy (non-hydrogen) atoms. The minimum Gasteiger partial charge on any atom is -0.333 e. The van der Waals surface area contributed by atoms with Crippen LogP contribution in [0.1, 0.15) is 33.2 Å². The quantitative estimate of drug-likeness (QED) is 0.521. The van der Waals surface area contributed by atoms with Crippen molar-refractivity contribution in [1.82, 2.24) is 19.6 Å². The number of hydrogen-bond donors (Lipinski definition) is 2. The van der Waals surface area contributed by atoms with Gasteiger partial charge in [0.1, 0.15) is 0 Å². The van der Waals surface area contributed by atoms with Gasteiger partial charge in [0.2, 0.25) is 0 Å². The molecule has 2 N–H and O–H groups in total. The highest BCUT2D eigenvalue weighted by molar-refractivity contribution is 5.96. The summed E-state index contributed by atoms with van der Waals surface area (Å²) in [6.45, 7) is 2.76. The molecule has 4 heterocycles. The molecule has 5 rings (SSSR count). The van der Waals surface area contributed by atoms with E-state index in [4.69, 9.17) is 0 Å². The average Bonchev–Trinajstić information content (AvgIpc) is 3.17. The van der Waals surface area contributed by atoms with Crippen LogP contribution in [-0.2, 0) is 6.54 Å². The number of aryl methyl sites for hydroxylation is 1. The third-order valence-corrected chi connectivity index (χ3v) is 5.93. The molecule has 0 fully saturated rings. The Morgan fingerprint density at radius 1 is 1.13 bits per heavy atom. The van der Waals surface area contributed by atoms with E-state index in [9.17, 15) is 18.4 Å². The van der Waals surface area contributed by atoms with Gasteiger partial charge in [-0.3, -0.25) is 9.59 Å². The Balaban J connectivity index is 1.61. The number of H-pyrrole nitrogens is 1. The van der Waals surface area contributed by atoms with Crippen molar-refractivity contribution in [2.24, 2.45) is 0 Å². The molecule has 0 saturated heterocycles. The fraction of sp³-hybridized carbons (Fsp3) is 0.217. The van der Waals surface area contributed by atoms with Gasteiger partial charge in [-0.1, -0.05) is 6.07 Å². The third-order valence-electron chi connectivity index (χ3n) is 5.93. The maximum absolute atomic E-state index is 14.1. The fourth-order valence-corrected chi connectivity index (χ4v) is 4.36. The second kappa shape index (κ2) is 7.02.